The highest BCUT2D eigenvalue weighted by molar-refractivity contribution is 5.86. The summed E-state index contributed by atoms with van der Waals surface area (Å²) >= 11 is 0. The molecule has 0 fully saturated rings. The topological polar surface area (TPSA) is 39.4 Å². The van der Waals surface area contributed by atoms with E-state index in [4.69, 9.17) is 4.74 Å². The Labute approximate surface area is 123 Å². The zero-order valence-electron chi connectivity index (χ0n) is 12.2. The molecule has 1 heterocycles. The highest BCUT2D eigenvalue weighted by Gasteiger charge is 2.05. The smallest absolute Gasteiger partial charge is 0.230 e. The molecule has 0 unspecified atom stereocenters. The molecule has 3 aromatic rings. The minimum Gasteiger partial charge on any atom is -0.493 e. The van der Waals surface area contributed by atoms with E-state index in [1.54, 1.807) is 6.21 Å². The van der Waals surface area contributed by atoms with Gasteiger partial charge in [-0.25, -0.2) is 9.98 Å². The van der Waals surface area contributed by atoms with E-state index in [1.807, 2.05) is 67.1 Å². The van der Waals surface area contributed by atoms with Crippen molar-refractivity contribution < 1.29 is 4.74 Å². The number of para-hydroxylation sites is 3. The summed E-state index contributed by atoms with van der Waals surface area (Å²) in [6, 6.07) is 15.9. The zero-order chi connectivity index (χ0) is 14.7. The lowest BCUT2D eigenvalue weighted by molar-refractivity contribution is 0.340. The Hall–Kier alpha value is -2.62. The maximum absolute atomic E-state index is 5.60. The molecule has 0 radical (unpaired) electrons. The molecule has 106 valence electrons. The lowest BCUT2D eigenvalue weighted by Gasteiger charge is -2.05. The Kier molecular flexibility index (Phi) is 3.69. The summed E-state index contributed by atoms with van der Waals surface area (Å²) in [4.78, 5) is 9.03. The minimum absolute atomic E-state index is 0.636. The monoisotopic (exact) mass is 279 g/mol. The fourth-order valence-electron chi connectivity index (χ4n) is 2.25. The normalized spacial score (nSPS) is 11.3. The van der Waals surface area contributed by atoms with Crippen LogP contribution in [-0.2, 0) is 7.05 Å². The predicted octanol–water partition coefficient (Wildman–Crippen LogP) is 3.72. The van der Waals surface area contributed by atoms with E-state index in [0.29, 0.717) is 12.6 Å². The van der Waals surface area contributed by atoms with Gasteiger partial charge in [-0.3, -0.25) is 0 Å². The first-order valence-corrected chi connectivity index (χ1v) is 6.97. The molecular formula is C17H17N3O. The van der Waals surface area contributed by atoms with Crippen LogP contribution in [0, 0.1) is 0 Å². The molecule has 0 bridgehead atoms. The molecule has 1 aromatic heterocycles. The third-order valence-electron chi connectivity index (χ3n) is 3.30. The predicted molar refractivity (Wildman–Crippen MR) is 85.6 cm³/mol. The third kappa shape index (κ3) is 2.65. The Morgan fingerprint density at radius 2 is 1.90 bits per heavy atom. The van der Waals surface area contributed by atoms with Crippen LogP contribution in [0.5, 0.6) is 5.75 Å². The standard InChI is InChI=1S/C17H17N3O/c1-3-21-16-11-7-4-8-13(16)12-18-17-19-14-9-5-6-10-15(14)20(17)2/h4-12H,3H2,1-2H3/b18-12+. The molecule has 21 heavy (non-hydrogen) atoms. The van der Waals surface area contributed by atoms with Crippen molar-refractivity contribution in [2.24, 2.45) is 12.0 Å². The SMILES string of the molecule is CCOc1ccccc1/C=N/c1nc2ccccc2n1C. The molecule has 0 aliphatic heterocycles. The number of aliphatic imine (C=N–C) groups is 1. The summed E-state index contributed by atoms with van der Waals surface area (Å²) in [5.74, 6) is 1.52. The van der Waals surface area contributed by atoms with Crippen molar-refractivity contribution in [2.45, 2.75) is 6.92 Å². The summed E-state index contributed by atoms with van der Waals surface area (Å²) in [5.41, 5.74) is 2.97. The van der Waals surface area contributed by atoms with E-state index in [1.165, 1.54) is 0 Å². The van der Waals surface area contributed by atoms with E-state index in [9.17, 15) is 0 Å². The Balaban J connectivity index is 1.96. The van der Waals surface area contributed by atoms with Crippen molar-refractivity contribution in [1.82, 2.24) is 9.55 Å². The largest absolute Gasteiger partial charge is 0.493 e. The summed E-state index contributed by atoms with van der Waals surface area (Å²) in [6.07, 6.45) is 1.80. The van der Waals surface area contributed by atoms with Crippen LogP contribution in [0.3, 0.4) is 0 Å². The number of fused-ring (bicyclic) bond motifs is 1. The molecule has 0 amide bonds. The van der Waals surface area contributed by atoms with E-state index in [2.05, 4.69) is 9.98 Å². The zero-order valence-corrected chi connectivity index (χ0v) is 12.2. The number of imidazole rings is 1. The molecule has 0 atom stereocenters. The number of hydrogen-bond acceptors (Lipinski definition) is 3. The number of benzene rings is 2. The summed E-state index contributed by atoms with van der Waals surface area (Å²) in [7, 11) is 1.97. The van der Waals surface area contributed by atoms with Gasteiger partial charge in [0.15, 0.2) is 0 Å². The third-order valence-corrected chi connectivity index (χ3v) is 3.30. The second kappa shape index (κ2) is 5.79. The van der Waals surface area contributed by atoms with Gasteiger partial charge in [0.05, 0.1) is 17.6 Å². The number of ether oxygens (including phenoxy) is 1. The molecule has 0 saturated carbocycles. The molecule has 0 N–H and O–H groups in total. The highest BCUT2D eigenvalue weighted by atomic mass is 16.5. The van der Waals surface area contributed by atoms with Gasteiger partial charge in [-0.2, -0.15) is 0 Å². The summed E-state index contributed by atoms with van der Waals surface area (Å²) < 4.78 is 7.58. The fourth-order valence-corrected chi connectivity index (χ4v) is 2.25. The second-order valence-electron chi connectivity index (χ2n) is 4.69. The van der Waals surface area contributed by atoms with Gasteiger partial charge < -0.3 is 9.30 Å². The number of rotatable bonds is 4. The van der Waals surface area contributed by atoms with Crippen molar-refractivity contribution in [2.75, 3.05) is 6.61 Å². The van der Waals surface area contributed by atoms with Crippen molar-refractivity contribution in [3.8, 4) is 5.75 Å². The van der Waals surface area contributed by atoms with Gasteiger partial charge in [-0.1, -0.05) is 24.3 Å². The number of aromatic nitrogens is 2. The van der Waals surface area contributed by atoms with E-state index >= 15 is 0 Å². The lowest BCUT2D eigenvalue weighted by atomic mass is 10.2. The maximum Gasteiger partial charge on any atom is 0.230 e. The summed E-state index contributed by atoms with van der Waals surface area (Å²) in [6.45, 7) is 2.61. The van der Waals surface area contributed by atoms with Gasteiger partial charge >= 0.3 is 0 Å². The van der Waals surface area contributed by atoms with Crippen LogP contribution >= 0.6 is 0 Å². The number of aryl methyl sites for hydroxylation is 1. The van der Waals surface area contributed by atoms with Gasteiger partial charge in [0.2, 0.25) is 5.95 Å². The highest BCUT2D eigenvalue weighted by Crippen LogP contribution is 2.21. The first kappa shape index (κ1) is 13.4. The quantitative estimate of drug-likeness (QED) is 0.683. The molecule has 3 rings (SSSR count). The van der Waals surface area contributed by atoms with Gasteiger partial charge in [0.25, 0.3) is 0 Å². The first-order chi connectivity index (χ1) is 10.3. The number of hydrogen-bond donors (Lipinski definition) is 0. The number of nitrogens with zero attached hydrogens (tertiary/aromatic N) is 3. The Morgan fingerprint density at radius 1 is 1.14 bits per heavy atom. The fraction of sp³-hybridized carbons (Fsp3) is 0.176. The second-order valence-corrected chi connectivity index (χ2v) is 4.69. The minimum atomic E-state index is 0.636. The first-order valence-electron chi connectivity index (χ1n) is 6.97. The molecule has 4 heteroatoms. The van der Waals surface area contributed by atoms with Gasteiger partial charge in [0, 0.05) is 18.8 Å². The van der Waals surface area contributed by atoms with Crippen molar-refractivity contribution >= 4 is 23.2 Å². The molecule has 4 nitrogen and oxygen atoms in total. The molecule has 0 aliphatic rings. The Bertz CT molecular complexity index is 790. The maximum atomic E-state index is 5.60. The average molecular weight is 279 g/mol. The van der Waals surface area contributed by atoms with Gasteiger partial charge in [-0.05, 0) is 31.2 Å². The van der Waals surface area contributed by atoms with E-state index < -0.39 is 0 Å². The van der Waals surface area contributed by atoms with Crippen LogP contribution in [0.1, 0.15) is 12.5 Å². The van der Waals surface area contributed by atoms with E-state index in [-0.39, 0.29) is 0 Å². The van der Waals surface area contributed by atoms with Crippen LogP contribution in [0.15, 0.2) is 53.5 Å². The lowest BCUT2D eigenvalue weighted by Crippen LogP contribution is -1.95. The van der Waals surface area contributed by atoms with Gasteiger partial charge in [0.1, 0.15) is 5.75 Å². The van der Waals surface area contributed by atoms with Crippen molar-refractivity contribution in [3.05, 3.63) is 54.1 Å². The molecule has 0 spiro atoms. The molecule has 0 aliphatic carbocycles. The molecule has 2 aromatic carbocycles. The average Bonchev–Trinajstić information content (AvgIpc) is 2.84. The van der Waals surface area contributed by atoms with E-state index in [0.717, 1.165) is 22.3 Å². The van der Waals surface area contributed by atoms with Gasteiger partial charge in [-0.15, -0.1) is 0 Å². The van der Waals surface area contributed by atoms with Crippen LogP contribution in [-0.4, -0.2) is 22.4 Å². The summed E-state index contributed by atoms with van der Waals surface area (Å²) in [5, 5.41) is 0. The molecule has 0 saturated heterocycles. The van der Waals surface area contributed by atoms with Crippen LogP contribution < -0.4 is 4.74 Å². The Morgan fingerprint density at radius 3 is 2.71 bits per heavy atom. The van der Waals surface area contributed by atoms with Crippen LogP contribution in [0.4, 0.5) is 5.95 Å². The van der Waals surface area contributed by atoms with Crippen LogP contribution in [0.2, 0.25) is 0 Å². The van der Waals surface area contributed by atoms with Crippen LogP contribution in [0.25, 0.3) is 11.0 Å². The van der Waals surface area contributed by atoms with Crippen molar-refractivity contribution in [1.29, 1.82) is 0 Å². The van der Waals surface area contributed by atoms with Crippen molar-refractivity contribution in [3.63, 3.8) is 0 Å². The molecular weight excluding hydrogens is 262 g/mol.